The summed E-state index contributed by atoms with van der Waals surface area (Å²) in [6.07, 6.45) is 6.01. The van der Waals surface area contributed by atoms with E-state index >= 15 is 0 Å². The van der Waals surface area contributed by atoms with Crippen molar-refractivity contribution in [3.8, 4) is 0 Å². The molecular formula is C21H26ClNO5S3. The van der Waals surface area contributed by atoms with E-state index in [-0.39, 0.29) is 17.7 Å². The molecule has 2 heterocycles. The van der Waals surface area contributed by atoms with E-state index in [0.717, 1.165) is 25.7 Å². The third-order valence-corrected chi connectivity index (χ3v) is 8.74. The highest BCUT2D eigenvalue weighted by atomic mass is 35.5. The summed E-state index contributed by atoms with van der Waals surface area (Å²) in [5.41, 5.74) is 0. The first-order valence-corrected chi connectivity index (χ1v) is 13.9. The fourth-order valence-electron chi connectivity index (χ4n) is 3.44. The number of carbonyl (C=O) groups excluding carboxylic acids is 1. The maximum atomic E-state index is 11.9. The largest absolute Gasteiger partial charge is 0.392 e. The Labute approximate surface area is 196 Å². The molecule has 31 heavy (non-hydrogen) atoms. The number of amides is 1. The van der Waals surface area contributed by atoms with Gasteiger partial charge < -0.3 is 10.0 Å². The maximum absolute atomic E-state index is 11.9. The molecule has 1 fully saturated rings. The number of thioether (sulfide) groups is 1. The van der Waals surface area contributed by atoms with E-state index in [4.69, 9.17) is 16.2 Å². The number of thiophene rings is 1. The molecule has 1 unspecified atom stereocenters. The standard InChI is InChI=1S/C21H26ClNO5S3/c22-18-6-5-7-19-17(18)13-21(30-19)29-14-16(24)9-8-15-12-20(25)23(15)10-3-1-2-4-11-31(26,27)28/h1,3,5-7,13,15-16,24H,2,4,8-12,14H2,(H,26,27,28)/t15-,16?/m0/s1. The fourth-order valence-corrected chi connectivity index (χ4v) is 6.51. The molecule has 1 aliphatic heterocycles. The highest BCUT2D eigenvalue weighted by Crippen LogP contribution is 2.36. The van der Waals surface area contributed by atoms with Crippen LogP contribution in [0.15, 0.2) is 40.6 Å². The van der Waals surface area contributed by atoms with Crippen molar-refractivity contribution < 1.29 is 22.9 Å². The third-order valence-electron chi connectivity index (χ3n) is 5.15. The van der Waals surface area contributed by atoms with Crippen LogP contribution >= 0.6 is 34.7 Å². The summed E-state index contributed by atoms with van der Waals surface area (Å²) < 4.78 is 32.3. The van der Waals surface area contributed by atoms with Gasteiger partial charge in [-0.15, -0.1) is 23.1 Å². The van der Waals surface area contributed by atoms with Crippen LogP contribution in [-0.4, -0.2) is 59.1 Å². The van der Waals surface area contributed by atoms with Gasteiger partial charge in [0.2, 0.25) is 5.91 Å². The lowest BCUT2D eigenvalue weighted by atomic mass is 9.95. The molecule has 6 nitrogen and oxygen atoms in total. The molecule has 1 aromatic heterocycles. The smallest absolute Gasteiger partial charge is 0.264 e. The summed E-state index contributed by atoms with van der Waals surface area (Å²) in [6, 6.07) is 8.05. The third kappa shape index (κ3) is 7.47. The maximum Gasteiger partial charge on any atom is 0.264 e. The Morgan fingerprint density at radius 3 is 2.87 bits per heavy atom. The Bertz CT molecular complexity index is 1040. The number of likely N-dealkylation sites (tertiary alicyclic amines) is 1. The second kappa shape index (κ2) is 11.2. The van der Waals surface area contributed by atoms with Gasteiger partial charge in [0.25, 0.3) is 10.1 Å². The van der Waals surface area contributed by atoms with E-state index < -0.39 is 16.2 Å². The molecule has 1 amide bonds. The van der Waals surface area contributed by atoms with E-state index in [1.807, 2.05) is 30.4 Å². The Kier molecular flexibility index (Phi) is 8.83. The van der Waals surface area contributed by atoms with Crippen LogP contribution in [0.2, 0.25) is 5.02 Å². The number of benzene rings is 1. The monoisotopic (exact) mass is 503 g/mol. The van der Waals surface area contributed by atoms with E-state index in [2.05, 4.69) is 6.07 Å². The van der Waals surface area contributed by atoms with Gasteiger partial charge in [-0.1, -0.05) is 29.8 Å². The van der Waals surface area contributed by atoms with Gasteiger partial charge in [-0.25, -0.2) is 0 Å². The molecule has 0 bridgehead atoms. The molecule has 1 aromatic carbocycles. The number of nitrogens with zero attached hydrogens (tertiary/aromatic N) is 1. The predicted octanol–water partition coefficient (Wildman–Crippen LogP) is 4.61. The highest BCUT2D eigenvalue weighted by molar-refractivity contribution is 8.01. The van der Waals surface area contributed by atoms with Crippen LogP contribution in [-0.2, 0) is 14.9 Å². The molecule has 2 aromatic rings. The van der Waals surface area contributed by atoms with Gasteiger partial charge in [0.05, 0.1) is 16.1 Å². The van der Waals surface area contributed by atoms with Crippen molar-refractivity contribution in [2.75, 3.05) is 18.1 Å². The van der Waals surface area contributed by atoms with E-state index in [1.54, 1.807) is 28.0 Å². The quantitative estimate of drug-likeness (QED) is 0.144. The molecule has 2 N–H and O–H groups in total. The van der Waals surface area contributed by atoms with Crippen molar-refractivity contribution >= 4 is 60.8 Å². The second-order valence-electron chi connectivity index (χ2n) is 7.56. The number of allylic oxidation sites excluding steroid dienone is 1. The second-order valence-corrected chi connectivity index (χ2v) is 11.9. The first-order valence-electron chi connectivity index (χ1n) is 10.1. The van der Waals surface area contributed by atoms with Crippen molar-refractivity contribution in [3.05, 3.63) is 41.4 Å². The number of carbonyl (C=O) groups is 1. The minimum absolute atomic E-state index is 0.0959. The zero-order valence-corrected chi connectivity index (χ0v) is 20.2. The number of aliphatic hydroxyl groups excluding tert-OH is 1. The molecule has 0 aliphatic carbocycles. The average molecular weight is 504 g/mol. The number of halogens is 1. The number of aliphatic hydroxyl groups is 1. The van der Waals surface area contributed by atoms with Gasteiger partial charge in [-0.05, 0) is 43.9 Å². The van der Waals surface area contributed by atoms with Crippen molar-refractivity contribution in [1.82, 2.24) is 4.90 Å². The van der Waals surface area contributed by atoms with E-state index in [1.165, 1.54) is 0 Å². The van der Waals surface area contributed by atoms with Crippen LogP contribution in [0, 0.1) is 0 Å². The Hall–Kier alpha value is -1.10. The molecule has 0 radical (unpaired) electrons. The van der Waals surface area contributed by atoms with Crippen LogP contribution in [0.4, 0.5) is 0 Å². The first-order chi connectivity index (χ1) is 14.7. The Balaban J connectivity index is 1.36. The molecule has 10 heteroatoms. The lowest BCUT2D eigenvalue weighted by Gasteiger charge is -2.40. The number of β-lactam (4-membered cyclic amide) rings is 1. The predicted molar refractivity (Wildman–Crippen MR) is 128 cm³/mol. The zero-order valence-electron chi connectivity index (χ0n) is 16.9. The summed E-state index contributed by atoms with van der Waals surface area (Å²) in [5, 5.41) is 12.2. The number of hydrogen-bond donors (Lipinski definition) is 2. The molecule has 1 aliphatic rings. The van der Waals surface area contributed by atoms with Crippen LogP contribution in [0.5, 0.6) is 0 Å². The molecular weight excluding hydrogens is 478 g/mol. The first kappa shape index (κ1) is 24.5. The molecule has 0 spiro atoms. The van der Waals surface area contributed by atoms with Gasteiger partial charge in [-0.3, -0.25) is 9.35 Å². The van der Waals surface area contributed by atoms with E-state index in [0.29, 0.717) is 38.0 Å². The number of rotatable bonds is 12. The highest BCUT2D eigenvalue weighted by Gasteiger charge is 2.34. The minimum atomic E-state index is -3.91. The SMILES string of the molecule is O=C1C[C@H](CCC(O)CSc2cc3c(Cl)cccc3s2)N1CC=CCCCS(=O)(=O)O. The Morgan fingerprint density at radius 1 is 1.35 bits per heavy atom. The van der Waals surface area contributed by atoms with Crippen molar-refractivity contribution in [2.45, 2.75) is 48.5 Å². The van der Waals surface area contributed by atoms with Gasteiger partial charge in [0.15, 0.2) is 0 Å². The van der Waals surface area contributed by atoms with Gasteiger partial charge >= 0.3 is 0 Å². The van der Waals surface area contributed by atoms with Crippen LogP contribution in [0.25, 0.3) is 10.1 Å². The van der Waals surface area contributed by atoms with Crippen LogP contribution in [0.3, 0.4) is 0 Å². The summed E-state index contributed by atoms with van der Waals surface area (Å²) in [7, 11) is -3.91. The van der Waals surface area contributed by atoms with Gasteiger partial charge in [0.1, 0.15) is 0 Å². The van der Waals surface area contributed by atoms with Crippen molar-refractivity contribution in [3.63, 3.8) is 0 Å². The minimum Gasteiger partial charge on any atom is -0.392 e. The number of fused-ring (bicyclic) bond motifs is 1. The number of unbranched alkanes of at least 4 members (excludes halogenated alkanes) is 1. The van der Waals surface area contributed by atoms with E-state index in [9.17, 15) is 18.3 Å². The molecule has 3 rings (SSSR count). The molecule has 0 saturated carbocycles. The fraction of sp³-hybridized carbons (Fsp3) is 0.476. The van der Waals surface area contributed by atoms with Gasteiger partial charge in [-0.2, -0.15) is 8.42 Å². The lowest BCUT2D eigenvalue weighted by Crippen LogP contribution is -2.52. The zero-order chi connectivity index (χ0) is 22.4. The summed E-state index contributed by atoms with van der Waals surface area (Å²) >= 11 is 9.51. The van der Waals surface area contributed by atoms with Crippen molar-refractivity contribution in [1.29, 1.82) is 0 Å². The molecule has 1 saturated heterocycles. The normalized spacial score (nSPS) is 18.1. The topological polar surface area (TPSA) is 94.9 Å². The average Bonchev–Trinajstić information content (AvgIpc) is 3.12. The summed E-state index contributed by atoms with van der Waals surface area (Å²) in [4.78, 5) is 13.6. The summed E-state index contributed by atoms with van der Waals surface area (Å²) in [5.74, 6) is 0.435. The van der Waals surface area contributed by atoms with Gasteiger partial charge in [0, 0.05) is 39.9 Å². The van der Waals surface area contributed by atoms with Crippen molar-refractivity contribution in [2.24, 2.45) is 0 Å². The van der Waals surface area contributed by atoms with Crippen LogP contribution < -0.4 is 0 Å². The molecule has 170 valence electrons. The Morgan fingerprint density at radius 2 is 2.16 bits per heavy atom. The number of hydrogen-bond acceptors (Lipinski definition) is 6. The lowest BCUT2D eigenvalue weighted by molar-refractivity contribution is -0.145. The molecule has 2 atom stereocenters. The summed E-state index contributed by atoms with van der Waals surface area (Å²) in [6.45, 7) is 0.489. The van der Waals surface area contributed by atoms with Crippen LogP contribution in [0.1, 0.15) is 32.1 Å².